The summed E-state index contributed by atoms with van der Waals surface area (Å²) in [6.45, 7) is 5.96. The second kappa shape index (κ2) is 2.88. The van der Waals surface area contributed by atoms with Crippen molar-refractivity contribution in [3.8, 4) is 0 Å². The molecule has 1 heterocycles. The molecule has 0 aromatic heterocycles. The molecule has 12 heavy (non-hydrogen) atoms. The van der Waals surface area contributed by atoms with Gasteiger partial charge in [-0.25, -0.2) is 0 Å². The second-order valence-electron chi connectivity index (χ2n) is 4.96. The Hall–Kier alpha value is -0.300. The lowest BCUT2D eigenvalue weighted by atomic mass is 9.74. The topological polar surface area (TPSA) is 12.0 Å². The molecule has 1 atom stereocenters. The van der Waals surface area contributed by atoms with Gasteiger partial charge >= 0.3 is 0 Å². The molecule has 1 unspecified atom stereocenters. The van der Waals surface area contributed by atoms with Gasteiger partial charge in [0.1, 0.15) is 0 Å². The molecule has 2 rings (SSSR count). The highest BCUT2D eigenvalue weighted by atomic mass is 14.9. The third kappa shape index (κ3) is 1.56. The highest BCUT2D eigenvalue weighted by Gasteiger charge is 2.30. The van der Waals surface area contributed by atoms with Crippen molar-refractivity contribution in [1.82, 2.24) is 5.32 Å². The molecule has 1 aliphatic carbocycles. The van der Waals surface area contributed by atoms with Gasteiger partial charge in [-0.3, -0.25) is 0 Å². The van der Waals surface area contributed by atoms with Crippen LogP contribution in [0, 0.1) is 5.41 Å². The molecule has 0 radical (unpaired) electrons. The highest BCUT2D eigenvalue weighted by molar-refractivity contribution is 5.18. The fraction of sp³-hybridized carbons (Fsp3) is 0.818. The summed E-state index contributed by atoms with van der Waals surface area (Å²) < 4.78 is 0. The predicted molar refractivity (Wildman–Crippen MR) is 52.1 cm³/mol. The van der Waals surface area contributed by atoms with Gasteiger partial charge in [-0.1, -0.05) is 25.5 Å². The normalized spacial score (nSPS) is 33.8. The van der Waals surface area contributed by atoms with Gasteiger partial charge in [0, 0.05) is 6.04 Å². The van der Waals surface area contributed by atoms with Gasteiger partial charge in [-0.05, 0) is 37.6 Å². The molecular weight excluding hydrogens is 146 g/mol. The van der Waals surface area contributed by atoms with Crippen LogP contribution in [0.4, 0.5) is 0 Å². The maximum Gasteiger partial charge on any atom is 0.0284 e. The van der Waals surface area contributed by atoms with Gasteiger partial charge < -0.3 is 5.32 Å². The summed E-state index contributed by atoms with van der Waals surface area (Å²) in [5.74, 6) is 0. The zero-order chi connectivity index (χ0) is 8.60. The van der Waals surface area contributed by atoms with Crippen molar-refractivity contribution in [3.63, 3.8) is 0 Å². The minimum atomic E-state index is 0.526. The van der Waals surface area contributed by atoms with Gasteiger partial charge in [0.25, 0.3) is 0 Å². The number of allylic oxidation sites excluding steroid dienone is 1. The maximum absolute atomic E-state index is 3.61. The standard InChI is InChI=1S/C11H19N/c1-11(2)6-5-9-4-3-7-12-10(9)8-11/h5,10,12H,3-4,6-8H2,1-2H3. The summed E-state index contributed by atoms with van der Waals surface area (Å²) in [6, 6.07) is 0.711. The fourth-order valence-electron chi connectivity index (χ4n) is 2.37. The first-order valence-corrected chi connectivity index (χ1v) is 5.10. The van der Waals surface area contributed by atoms with Crippen LogP contribution in [0.2, 0.25) is 0 Å². The van der Waals surface area contributed by atoms with Crippen LogP contribution in [0.3, 0.4) is 0 Å². The van der Waals surface area contributed by atoms with Crippen LogP contribution in [0.5, 0.6) is 0 Å². The van der Waals surface area contributed by atoms with Crippen LogP contribution in [0.1, 0.15) is 39.5 Å². The minimum Gasteiger partial charge on any atom is -0.310 e. The fourth-order valence-corrected chi connectivity index (χ4v) is 2.37. The molecule has 0 bridgehead atoms. The first-order chi connectivity index (χ1) is 5.67. The number of piperidine rings is 1. The minimum absolute atomic E-state index is 0.526. The van der Waals surface area contributed by atoms with Crippen LogP contribution < -0.4 is 5.32 Å². The Morgan fingerprint density at radius 3 is 3.17 bits per heavy atom. The molecule has 68 valence electrons. The van der Waals surface area contributed by atoms with Crippen LogP contribution in [-0.2, 0) is 0 Å². The van der Waals surface area contributed by atoms with E-state index in [1.54, 1.807) is 5.57 Å². The molecular formula is C11H19N. The zero-order valence-corrected chi connectivity index (χ0v) is 8.19. The summed E-state index contributed by atoms with van der Waals surface area (Å²) in [5.41, 5.74) is 2.21. The molecule has 0 spiro atoms. The smallest absolute Gasteiger partial charge is 0.0284 e. The third-order valence-corrected chi connectivity index (χ3v) is 3.15. The lowest BCUT2D eigenvalue weighted by Crippen LogP contribution is -2.41. The number of hydrogen-bond acceptors (Lipinski definition) is 1. The van der Waals surface area contributed by atoms with E-state index in [-0.39, 0.29) is 0 Å². The van der Waals surface area contributed by atoms with Crippen LogP contribution in [0.25, 0.3) is 0 Å². The molecule has 1 saturated heterocycles. The van der Waals surface area contributed by atoms with E-state index >= 15 is 0 Å². The molecule has 1 N–H and O–H groups in total. The molecule has 0 saturated carbocycles. The Balaban J connectivity index is 2.13. The van der Waals surface area contributed by atoms with E-state index in [9.17, 15) is 0 Å². The van der Waals surface area contributed by atoms with E-state index < -0.39 is 0 Å². The predicted octanol–water partition coefficient (Wildman–Crippen LogP) is 2.48. The van der Waals surface area contributed by atoms with Gasteiger partial charge in [0.05, 0.1) is 0 Å². The van der Waals surface area contributed by atoms with Crippen molar-refractivity contribution in [2.75, 3.05) is 6.54 Å². The molecule has 0 amide bonds. The number of fused-ring (bicyclic) bond motifs is 1. The Kier molecular flexibility index (Phi) is 1.99. The first kappa shape index (κ1) is 8.31. The first-order valence-electron chi connectivity index (χ1n) is 5.10. The molecule has 1 aliphatic heterocycles. The number of hydrogen-bond donors (Lipinski definition) is 1. The third-order valence-electron chi connectivity index (χ3n) is 3.15. The van der Waals surface area contributed by atoms with Crippen molar-refractivity contribution in [3.05, 3.63) is 11.6 Å². The number of rotatable bonds is 0. The molecule has 1 nitrogen and oxygen atoms in total. The number of nitrogens with one attached hydrogen (secondary N) is 1. The quantitative estimate of drug-likeness (QED) is 0.544. The summed E-state index contributed by atoms with van der Waals surface area (Å²) in [6.07, 6.45) is 7.76. The van der Waals surface area contributed by atoms with E-state index in [2.05, 4.69) is 25.2 Å². The molecule has 1 fully saturated rings. The van der Waals surface area contributed by atoms with Crippen molar-refractivity contribution >= 4 is 0 Å². The SMILES string of the molecule is CC1(C)CC=C2CCCNC2C1. The monoisotopic (exact) mass is 165 g/mol. The lowest BCUT2D eigenvalue weighted by molar-refractivity contribution is 0.267. The van der Waals surface area contributed by atoms with Crippen LogP contribution in [0.15, 0.2) is 11.6 Å². The zero-order valence-electron chi connectivity index (χ0n) is 8.19. The Labute approximate surface area is 75.2 Å². The summed E-state index contributed by atoms with van der Waals surface area (Å²) in [4.78, 5) is 0. The van der Waals surface area contributed by atoms with Crippen molar-refractivity contribution in [2.45, 2.75) is 45.6 Å². The van der Waals surface area contributed by atoms with E-state index in [4.69, 9.17) is 0 Å². The summed E-state index contributed by atoms with van der Waals surface area (Å²) >= 11 is 0. The maximum atomic E-state index is 3.61. The second-order valence-corrected chi connectivity index (χ2v) is 4.96. The largest absolute Gasteiger partial charge is 0.310 e. The van der Waals surface area contributed by atoms with Gasteiger partial charge in [0.2, 0.25) is 0 Å². The van der Waals surface area contributed by atoms with Crippen molar-refractivity contribution in [2.24, 2.45) is 5.41 Å². The lowest BCUT2D eigenvalue weighted by Gasteiger charge is -2.38. The molecule has 2 aliphatic rings. The van der Waals surface area contributed by atoms with Crippen molar-refractivity contribution < 1.29 is 0 Å². The van der Waals surface area contributed by atoms with Gasteiger partial charge in [0.15, 0.2) is 0 Å². The van der Waals surface area contributed by atoms with Crippen LogP contribution >= 0.6 is 0 Å². The Bertz CT molecular complexity index is 203. The van der Waals surface area contributed by atoms with E-state index in [1.165, 1.54) is 32.2 Å². The average Bonchev–Trinajstić information content (AvgIpc) is 2.02. The molecule has 1 heteroatoms. The van der Waals surface area contributed by atoms with Gasteiger partial charge in [-0.2, -0.15) is 0 Å². The van der Waals surface area contributed by atoms with Crippen molar-refractivity contribution in [1.29, 1.82) is 0 Å². The Morgan fingerprint density at radius 2 is 2.33 bits per heavy atom. The summed E-state index contributed by atoms with van der Waals surface area (Å²) in [7, 11) is 0. The average molecular weight is 165 g/mol. The van der Waals surface area contributed by atoms with E-state index in [1.807, 2.05) is 0 Å². The van der Waals surface area contributed by atoms with E-state index in [0.29, 0.717) is 11.5 Å². The summed E-state index contributed by atoms with van der Waals surface area (Å²) in [5, 5.41) is 3.61. The van der Waals surface area contributed by atoms with Gasteiger partial charge in [-0.15, -0.1) is 0 Å². The highest BCUT2D eigenvalue weighted by Crippen LogP contribution is 2.36. The molecule has 0 aromatic rings. The Morgan fingerprint density at radius 1 is 1.50 bits per heavy atom. The molecule has 0 aromatic carbocycles. The van der Waals surface area contributed by atoms with Crippen LogP contribution in [-0.4, -0.2) is 12.6 Å². The van der Waals surface area contributed by atoms with E-state index in [0.717, 1.165) is 0 Å².